The average molecular weight is 113 g/mol. The molecule has 0 aromatic heterocycles. The van der Waals surface area contributed by atoms with Gasteiger partial charge in [-0.25, -0.2) is 0 Å². The van der Waals surface area contributed by atoms with Crippen LogP contribution >= 0.6 is 0 Å². The van der Waals surface area contributed by atoms with Gasteiger partial charge in [0.15, 0.2) is 0 Å². The summed E-state index contributed by atoms with van der Waals surface area (Å²) in [5.41, 5.74) is 0. The van der Waals surface area contributed by atoms with Gasteiger partial charge >= 0.3 is 0 Å². The van der Waals surface area contributed by atoms with Crippen LogP contribution < -0.4 is 5.32 Å². The van der Waals surface area contributed by atoms with E-state index in [1.807, 2.05) is 0 Å². The van der Waals surface area contributed by atoms with Crippen molar-refractivity contribution in [2.45, 2.75) is 32.7 Å². The number of hydrogen-bond acceptors (Lipinski definition) is 1. The van der Waals surface area contributed by atoms with Crippen molar-refractivity contribution in [3.63, 3.8) is 0 Å². The fourth-order valence-electron chi connectivity index (χ4n) is 1.23. The summed E-state index contributed by atoms with van der Waals surface area (Å²) in [5.74, 6) is 0.940. The molecule has 0 aliphatic heterocycles. The van der Waals surface area contributed by atoms with Gasteiger partial charge in [0, 0.05) is 6.04 Å². The molecular formula is C7H15N. The fraction of sp³-hybridized carbons (Fsp3) is 1.00. The summed E-state index contributed by atoms with van der Waals surface area (Å²) in [6.07, 6.45) is 2.83. The molecule has 1 fully saturated rings. The van der Waals surface area contributed by atoms with Gasteiger partial charge in [0.2, 0.25) is 0 Å². The lowest BCUT2D eigenvalue weighted by molar-refractivity contribution is 0.233. The van der Waals surface area contributed by atoms with Crippen molar-refractivity contribution in [1.82, 2.24) is 5.32 Å². The molecule has 1 N–H and O–H groups in total. The van der Waals surface area contributed by atoms with E-state index < -0.39 is 0 Å². The second-order valence-electron chi connectivity index (χ2n) is 2.72. The highest BCUT2D eigenvalue weighted by Gasteiger charge is 2.24. The van der Waals surface area contributed by atoms with E-state index in [1.54, 1.807) is 0 Å². The van der Waals surface area contributed by atoms with Gasteiger partial charge in [0.25, 0.3) is 0 Å². The van der Waals surface area contributed by atoms with Crippen LogP contribution in [-0.4, -0.2) is 12.6 Å². The van der Waals surface area contributed by atoms with E-state index in [4.69, 9.17) is 0 Å². The molecular weight excluding hydrogens is 98.1 g/mol. The van der Waals surface area contributed by atoms with Crippen LogP contribution in [0.2, 0.25) is 0 Å². The Hall–Kier alpha value is -0.0400. The van der Waals surface area contributed by atoms with Crippen molar-refractivity contribution >= 4 is 0 Å². The first-order chi connectivity index (χ1) is 3.84. The molecule has 1 heteroatoms. The minimum atomic E-state index is 0.847. The van der Waals surface area contributed by atoms with Gasteiger partial charge in [-0.1, -0.05) is 13.8 Å². The van der Waals surface area contributed by atoms with Crippen LogP contribution in [0.15, 0.2) is 0 Å². The highest BCUT2D eigenvalue weighted by Crippen LogP contribution is 2.25. The van der Waals surface area contributed by atoms with E-state index in [0.717, 1.165) is 18.5 Å². The Morgan fingerprint density at radius 3 is 2.38 bits per heavy atom. The van der Waals surface area contributed by atoms with Crippen LogP contribution in [0.1, 0.15) is 26.7 Å². The first-order valence-electron chi connectivity index (χ1n) is 3.58. The Balaban J connectivity index is 2.08. The first-order valence-corrected chi connectivity index (χ1v) is 3.58. The average Bonchev–Trinajstić information content (AvgIpc) is 1.79. The maximum absolute atomic E-state index is 3.43. The third-order valence-corrected chi connectivity index (χ3v) is 2.09. The summed E-state index contributed by atoms with van der Waals surface area (Å²) in [6.45, 7) is 5.62. The van der Waals surface area contributed by atoms with Crippen molar-refractivity contribution in [2.75, 3.05) is 6.54 Å². The Labute approximate surface area is 51.5 Å². The zero-order valence-corrected chi connectivity index (χ0v) is 5.78. The zero-order valence-electron chi connectivity index (χ0n) is 5.78. The van der Waals surface area contributed by atoms with Crippen LogP contribution in [0.3, 0.4) is 0 Å². The third-order valence-electron chi connectivity index (χ3n) is 2.09. The lowest BCUT2D eigenvalue weighted by Gasteiger charge is -2.34. The second kappa shape index (κ2) is 2.49. The molecule has 48 valence electrons. The first kappa shape index (κ1) is 6.09. The van der Waals surface area contributed by atoms with E-state index >= 15 is 0 Å². The predicted octanol–water partition coefficient (Wildman–Crippen LogP) is 1.39. The molecule has 0 saturated heterocycles. The normalized spacial score (nSPS) is 36.8. The molecule has 1 saturated carbocycles. The maximum atomic E-state index is 3.43. The minimum absolute atomic E-state index is 0.847. The monoisotopic (exact) mass is 113 g/mol. The third kappa shape index (κ3) is 1.03. The van der Waals surface area contributed by atoms with E-state index in [2.05, 4.69) is 19.2 Å². The fourth-order valence-corrected chi connectivity index (χ4v) is 1.23. The molecule has 0 heterocycles. The lowest BCUT2D eigenvalue weighted by atomic mass is 9.81. The standard InChI is InChI=1S/C7H15N/c1-3-8-7-5-4-6(7)2/h6-8H,3-5H2,1-2H3. The summed E-state index contributed by atoms with van der Waals surface area (Å²) in [6, 6.07) is 0.847. The van der Waals surface area contributed by atoms with Crippen LogP contribution in [0.4, 0.5) is 0 Å². The van der Waals surface area contributed by atoms with Crippen LogP contribution in [0.5, 0.6) is 0 Å². The van der Waals surface area contributed by atoms with Crippen molar-refractivity contribution < 1.29 is 0 Å². The van der Waals surface area contributed by atoms with Crippen LogP contribution in [0, 0.1) is 5.92 Å². The van der Waals surface area contributed by atoms with Crippen LogP contribution in [-0.2, 0) is 0 Å². The summed E-state index contributed by atoms with van der Waals surface area (Å²) in [7, 11) is 0. The molecule has 1 rings (SSSR count). The van der Waals surface area contributed by atoms with Gasteiger partial charge in [-0.15, -0.1) is 0 Å². The molecule has 0 aromatic rings. The van der Waals surface area contributed by atoms with Gasteiger partial charge in [-0.3, -0.25) is 0 Å². The largest absolute Gasteiger partial charge is 0.314 e. The van der Waals surface area contributed by atoms with Gasteiger partial charge in [-0.05, 0) is 25.3 Å². The molecule has 2 unspecified atom stereocenters. The zero-order chi connectivity index (χ0) is 5.98. The summed E-state index contributed by atoms with van der Waals surface area (Å²) in [5, 5.41) is 3.43. The molecule has 0 bridgehead atoms. The second-order valence-corrected chi connectivity index (χ2v) is 2.72. The van der Waals surface area contributed by atoms with Crippen molar-refractivity contribution in [3.05, 3.63) is 0 Å². The van der Waals surface area contributed by atoms with Crippen LogP contribution in [0.25, 0.3) is 0 Å². The van der Waals surface area contributed by atoms with E-state index in [-0.39, 0.29) is 0 Å². The molecule has 8 heavy (non-hydrogen) atoms. The van der Waals surface area contributed by atoms with E-state index in [9.17, 15) is 0 Å². The number of rotatable bonds is 2. The van der Waals surface area contributed by atoms with Gasteiger partial charge in [0.1, 0.15) is 0 Å². The number of nitrogens with one attached hydrogen (secondary N) is 1. The predicted molar refractivity (Wildman–Crippen MR) is 35.9 cm³/mol. The molecule has 0 amide bonds. The Morgan fingerprint density at radius 2 is 2.25 bits per heavy atom. The highest BCUT2D eigenvalue weighted by molar-refractivity contribution is 4.82. The number of hydrogen-bond donors (Lipinski definition) is 1. The van der Waals surface area contributed by atoms with Gasteiger partial charge < -0.3 is 5.32 Å². The molecule has 0 radical (unpaired) electrons. The Kier molecular flexibility index (Phi) is 1.90. The summed E-state index contributed by atoms with van der Waals surface area (Å²) in [4.78, 5) is 0. The molecule has 2 atom stereocenters. The SMILES string of the molecule is CCNC1CCC1C. The summed E-state index contributed by atoms with van der Waals surface area (Å²) >= 11 is 0. The molecule has 0 aromatic carbocycles. The summed E-state index contributed by atoms with van der Waals surface area (Å²) < 4.78 is 0. The topological polar surface area (TPSA) is 12.0 Å². The molecule has 1 aliphatic carbocycles. The van der Waals surface area contributed by atoms with E-state index in [0.29, 0.717) is 0 Å². The highest BCUT2D eigenvalue weighted by atomic mass is 14.9. The quantitative estimate of drug-likeness (QED) is 0.570. The van der Waals surface area contributed by atoms with Crippen molar-refractivity contribution in [1.29, 1.82) is 0 Å². The Morgan fingerprint density at radius 1 is 1.50 bits per heavy atom. The van der Waals surface area contributed by atoms with Gasteiger partial charge in [-0.2, -0.15) is 0 Å². The van der Waals surface area contributed by atoms with Gasteiger partial charge in [0.05, 0.1) is 0 Å². The molecule has 1 aliphatic rings. The lowest BCUT2D eigenvalue weighted by Crippen LogP contribution is -2.42. The Bertz CT molecular complexity index is 70.8. The minimum Gasteiger partial charge on any atom is -0.314 e. The maximum Gasteiger partial charge on any atom is 0.00926 e. The smallest absolute Gasteiger partial charge is 0.00926 e. The molecule has 1 nitrogen and oxygen atoms in total. The van der Waals surface area contributed by atoms with E-state index in [1.165, 1.54) is 12.8 Å². The van der Waals surface area contributed by atoms with Crippen molar-refractivity contribution in [2.24, 2.45) is 5.92 Å². The molecule has 0 spiro atoms. The van der Waals surface area contributed by atoms with Crippen molar-refractivity contribution in [3.8, 4) is 0 Å².